The van der Waals surface area contributed by atoms with Crippen molar-refractivity contribution >= 4 is 16.0 Å². The first kappa shape index (κ1) is 35.9. The molecule has 0 radical (unpaired) electrons. The van der Waals surface area contributed by atoms with Crippen LogP contribution in [0.15, 0.2) is 17.1 Å². The second-order valence-electron chi connectivity index (χ2n) is 9.06. The molecule has 0 rings (SSSR count). The van der Waals surface area contributed by atoms with Crippen molar-refractivity contribution in [2.45, 2.75) is 135 Å². The van der Waals surface area contributed by atoms with Crippen LogP contribution < -0.4 is 56.5 Å². The van der Waals surface area contributed by atoms with Gasteiger partial charge in [0.2, 0.25) is 0 Å². The van der Waals surface area contributed by atoms with Crippen LogP contribution in [0.2, 0.25) is 0 Å². The van der Waals surface area contributed by atoms with E-state index in [2.05, 4.69) is 11.9 Å². The Bertz CT molecular complexity index is 565. The minimum absolute atomic E-state index is 0. The van der Waals surface area contributed by atoms with E-state index < -0.39 is 21.8 Å². The molecule has 0 aromatic carbocycles. The molecule has 5 nitrogen and oxygen atoms in total. The normalized spacial score (nSPS) is 12.4. The van der Waals surface area contributed by atoms with Crippen molar-refractivity contribution in [3.05, 3.63) is 12.2 Å². The van der Waals surface area contributed by atoms with Gasteiger partial charge in [0.1, 0.15) is 0 Å². The molecule has 0 fully saturated rings. The van der Waals surface area contributed by atoms with Gasteiger partial charge in [0, 0.05) is 0 Å². The first-order chi connectivity index (χ1) is 15.5. The zero-order chi connectivity index (χ0) is 23.8. The zero-order valence-corrected chi connectivity index (χ0v) is 25.7. The Hall–Kier alpha value is 0.756. The van der Waals surface area contributed by atoms with E-state index >= 15 is 0 Å². The molecule has 7 heteroatoms. The van der Waals surface area contributed by atoms with E-state index in [4.69, 9.17) is 4.55 Å². The fourth-order valence-corrected chi connectivity index (χ4v) is 4.17. The third-order valence-corrected chi connectivity index (χ3v) is 6.55. The molecule has 0 saturated heterocycles. The maximum atomic E-state index is 11.4. The zero-order valence-electron chi connectivity index (χ0n) is 21.7. The SMILES string of the molecule is CCCCCCCCCCCCCCCCCCCCC/C=C/C([O-])=NCCS(=O)(=O)O.[K+]. The van der Waals surface area contributed by atoms with Crippen LogP contribution >= 0.6 is 0 Å². The summed E-state index contributed by atoms with van der Waals surface area (Å²) in [6.45, 7) is 2.08. The van der Waals surface area contributed by atoms with Crippen LogP contribution in [0, 0.1) is 0 Å². The van der Waals surface area contributed by atoms with Gasteiger partial charge in [-0.3, -0.25) is 9.55 Å². The molecule has 0 aromatic heterocycles. The molecule has 0 unspecified atom stereocenters. The van der Waals surface area contributed by atoms with Crippen LogP contribution in [0.4, 0.5) is 0 Å². The summed E-state index contributed by atoms with van der Waals surface area (Å²) >= 11 is 0. The summed E-state index contributed by atoms with van der Waals surface area (Å²) in [4.78, 5) is 3.57. The van der Waals surface area contributed by atoms with Crippen molar-refractivity contribution in [3.8, 4) is 0 Å². The molecule has 0 amide bonds. The molecule has 0 aromatic rings. The Morgan fingerprint density at radius 1 is 0.727 bits per heavy atom. The van der Waals surface area contributed by atoms with Gasteiger partial charge in [-0.05, 0) is 18.7 Å². The van der Waals surface area contributed by atoms with Gasteiger partial charge in [-0.2, -0.15) is 8.42 Å². The summed E-state index contributed by atoms with van der Waals surface area (Å²) in [7, 11) is -4.05. The molecule has 33 heavy (non-hydrogen) atoms. The Balaban J connectivity index is 0. The number of nitrogens with zero attached hydrogens (tertiary/aromatic N) is 1. The van der Waals surface area contributed by atoms with Crippen molar-refractivity contribution < 1.29 is 69.5 Å². The van der Waals surface area contributed by atoms with Gasteiger partial charge in [-0.15, -0.1) is 0 Å². The van der Waals surface area contributed by atoms with E-state index in [1.54, 1.807) is 6.08 Å². The summed E-state index contributed by atoms with van der Waals surface area (Å²) in [6, 6.07) is 0. The van der Waals surface area contributed by atoms with Gasteiger partial charge in [0.15, 0.2) is 0 Å². The average Bonchev–Trinajstić information content (AvgIpc) is 2.74. The maximum Gasteiger partial charge on any atom is 1.00 e. The van der Waals surface area contributed by atoms with Gasteiger partial charge in [0.25, 0.3) is 10.1 Å². The fraction of sp³-hybridized carbons (Fsp3) is 0.885. The largest absolute Gasteiger partial charge is 1.00 e. The van der Waals surface area contributed by atoms with Crippen molar-refractivity contribution in [2.24, 2.45) is 4.99 Å². The molecule has 0 aliphatic heterocycles. The Morgan fingerprint density at radius 3 is 1.45 bits per heavy atom. The van der Waals surface area contributed by atoms with E-state index in [1.165, 1.54) is 122 Å². The van der Waals surface area contributed by atoms with Crippen molar-refractivity contribution in [1.29, 1.82) is 0 Å². The molecular formula is C26H50KNO4S. The Kier molecular flexibility index (Phi) is 29.8. The van der Waals surface area contributed by atoms with Crippen LogP contribution in [-0.4, -0.2) is 31.2 Å². The summed E-state index contributed by atoms with van der Waals surface area (Å²) in [6.07, 6.45) is 29.9. The van der Waals surface area contributed by atoms with Crippen LogP contribution in [0.25, 0.3) is 0 Å². The van der Waals surface area contributed by atoms with Crippen LogP contribution in [0.3, 0.4) is 0 Å². The molecule has 0 aliphatic carbocycles. The number of allylic oxidation sites excluding steroid dienone is 1. The van der Waals surface area contributed by atoms with Crippen molar-refractivity contribution in [3.63, 3.8) is 0 Å². The minimum Gasteiger partial charge on any atom is -0.859 e. The van der Waals surface area contributed by atoms with E-state index in [9.17, 15) is 13.5 Å². The molecule has 0 atom stereocenters. The number of rotatable bonds is 24. The summed E-state index contributed by atoms with van der Waals surface area (Å²) in [5.41, 5.74) is 0. The van der Waals surface area contributed by atoms with Gasteiger partial charge < -0.3 is 5.11 Å². The van der Waals surface area contributed by atoms with E-state index in [0.717, 1.165) is 12.8 Å². The molecular weight excluding hydrogens is 461 g/mol. The van der Waals surface area contributed by atoms with Gasteiger partial charge >= 0.3 is 51.4 Å². The standard InChI is InChI=1S/C26H51NO4S.K/c1-2-3-4-5-6-7-8-9-10-11-12-13-14-15-16-17-18-19-20-21-22-23-26(28)27-24-25-32(29,30)31;/h22-23H,2-21,24-25H2,1H3,(H,27,28)(H,29,30,31);/q;+1/p-1/b23-22+;. The van der Waals surface area contributed by atoms with Gasteiger partial charge in [-0.1, -0.05) is 135 Å². The van der Waals surface area contributed by atoms with Crippen LogP contribution in [0.1, 0.15) is 135 Å². The summed E-state index contributed by atoms with van der Waals surface area (Å²) in [5.74, 6) is -0.947. The van der Waals surface area contributed by atoms with Crippen molar-refractivity contribution in [2.75, 3.05) is 12.3 Å². The number of hydrogen-bond donors (Lipinski definition) is 1. The second kappa shape index (κ2) is 27.3. The monoisotopic (exact) mass is 511 g/mol. The number of hydrogen-bond acceptors (Lipinski definition) is 4. The molecule has 0 bridgehead atoms. The topological polar surface area (TPSA) is 89.8 Å². The first-order valence-electron chi connectivity index (χ1n) is 13.3. The minimum atomic E-state index is -4.05. The van der Waals surface area contributed by atoms with Crippen LogP contribution in [-0.2, 0) is 10.1 Å². The molecule has 190 valence electrons. The quantitative estimate of drug-likeness (QED) is 0.0697. The Labute approximate surface area is 247 Å². The Morgan fingerprint density at radius 2 is 1.09 bits per heavy atom. The average molecular weight is 512 g/mol. The van der Waals surface area contributed by atoms with E-state index in [0.29, 0.717) is 0 Å². The molecule has 0 saturated carbocycles. The van der Waals surface area contributed by atoms with E-state index in [-0.39, 0.29) is 57.9 Å². The number of aliphatic imine (C=N–C) groups is 1. The predicted octanol–water partition coefficient (Wildman–Crippen LogP) is 4.02. The van der Waals surface area contributed by atoms with Crippen molar-refractivity contribution in [1.82, 2.24) is 0 Å². The van der Waals surface area contributed by atoms with Crippen LogP contribution in [0.5, 0.6) is 0 Å². The van der Waals surface area contributed by atoms with Gasteiger partial charge in [-0.25, -0.2) is 0 Å². The molecule has 0 aliphatic rings. The third kappa shape index (κ3) is 32.8. The third-order valence-electron chi connectivity index (χ3n) is 5.85. The first-order valence-corrected chi connectivity index (χ1v) is 14.9. The second-order valence-corrected chi connectivity index (χ2v) is 10.6. The molecule has 0 spiro atoms. The maximum absolute atomic E-state index is 11.4. The molecule has 0 heterocycles. The number of unbranched alkanes of at least 4 members (excludes halogenated alkanes) is 19. The predicted molar refractivity (Wildman–Crippen MR) is 136 cm³/mol. The smallest absolute Gasteiger partial charge is 0.859 e. The summed E-state index contributed by atoms with van der Waals surface area (Å²) < 4.78 is 29.6. The summed E-state index contributed by atoms with van der Waals surface area (Å²) in [5, 5.41) is 11.4. The van der Waals surface area contributed by atoms with E-state index in [1.807, 2.05) is 0 Å². The van der Waals surface area contributed by atoms with Gasteiger partial charge in [0.05, 0.1) is 12.3 Å². The molecule has 1 N–H and O–H groups in total. The fourth-order valence-electron chi connectivity index (χ4n) is 3.85.